The Labute approximate surface area is 165 Å². The number of para-hydroxylation sites is 1. The highest BCUT2D eigenvalue weighted by Gasteiger charge is 2.54. The predicted molar refractivity (Wildman–Crippen MR) is 107 cm³/mol. The van der Waals surface area contributed by atoms with Crippen LogP contribution in [0.3, 0.4) is 0 Å². The third-order valence-electron chi connectivity index (χ3n) is 5.87. The minimum Gasteiger partial charge on any atom is -0.494 e. The molecule has 2 fully saturated rings. The van der Waals surface area contributed by atoms with Crippen LogP contribution in [0, 0.1) is 5.82 Å². The highest BCUT2D eigenvalue weighted by molar-refractivity contribution is 5.91. The predicted octanol–water partition coefficient (Wildman–Crippen LogP) is 3.60. The first-order valence-electron chi connectivity index (χ1n) is 10.1. The second-order valence-electron chi connectivity index (χ2n) is 7.67. The van der Waals surface area contributed by atoms with Crippen molar-refractivity contribution >= 4 is 5.91 Å². The van der Waals surface area contributed by atoms with Crippen LogP contribution in [0.5, 0.6) is 5.75 Å². The topological polar surface area (TPSA) is 32.8 Å². The fourth-order valence-electron chi connectivity index (χ4n) is 4.16. The molecule has 0 bridgehead atoms. The first-order chi connectivity index (χ1) is 13.6. The van der Waals surface area contributed by atoms with Gasteiger partial charge < -0.3 is 9.64 Å². The molecule has 2 aromatic rings. The Morgan fingerprint density at radius 2 is 1.71 bits per heavy atom. The summed E-state index contributed by atoms with van der Waals surface area (Å²) in [5, 5.41) is 0. The Morgan fingerprint density at radius 3 is 2.39 bits per heavy atom. The van der Waals surface area contributed by atoms with Crippen LogP contribution in [0.2, 0.25) is 0 Å². The van der Waals surface area contributed by atoms with E-state index in [0.29, 0.717) is 25.3 Å². The quantitative estimate of drug-likeness (QED) is 0.765. The van der Waals surface area contributed by atoms with Gasteiger partial charge in [-0.1, -0.05) is 36.4 Å². The third kappa shape index (κ3) is 3.63. The zero-order chi connectivity index (χ0) is 19.6. The van der Waals surface area contributed by atoms with Crippen LogP contribution in [0.1, 0.15) is 30.9 Å². The average molecular weight is 382 g/mol. The molecule has 1 saturated carbocycles. The lowest BCUT2D eigenvalue weighted by molar-refractivity contribution is -0.135. The number of nitrogens with zero attached hydrogens (tertiary/aromatic N) is 2. The molecular weight excluding hydrogens is 355 g/mol. The van der Waals surface area contributed by atoms with E-state index < -0.39 is 5.41 Å². The largest absolute Gasteiger partial charge is 0.494 e. The molecule has 0 aromatic heterocycles. The zero-order valence-corrected chi connectivity index (χ0v) is 16.4. The standard InChI is InChI=1S/C23H27FN2O2/c1-2-28-21-10-6-3-7-18(21)17-25-13-15-26(16-14-25)22(27)23(11-12-23)19-8-4-5-9-20(19)24/h3-10H,2,11-17H2,1H3. The summed E-state index contributed by atoms with van der Waals surface area (Å²) in [6, 6.07) is 14.8. The maximum Gasteiger partial charge on any atom is 0.233 e. The van der Waals surface area contributed by atoms with Crippen LogP contribution in [-0.4, -0.2) is 48.5 Å². The van der Waals surface area contributed by atoms with E-state index in [0.717, 1.165) is 38.2 Å². The average Bonchev–Trinajstić information content (AvgIpc) is 3.52. The van der Waals surface area contributed by atoms with E-state index in [1.165, 1.54) is 11.6 Å². The molecule has 1 aliphatic heterocycles. The minimum absolute atomic E-state index is 0.0898. The highest BCUT2D eigenvalue weighted by atomic mass is 19.1. The van der Waals surface area contributed by atoms with Crippen molar-refractivity contribution < 1.29 is 13.9 Å². The van der Waals surface area contributed by atoms with Gasteiger partial charge in [-0.05, 0) is 31.9 Å². The molecule has 4 rings (SSSR count). The molecule has 1 aliphatic carbocycles. The lowest BCUT2D eigenvalue weighted by Crippen LogP contribution is -2.51. The van der Waals surface area contributed by atoms with Crippen molar-refractivity contribution in [2.75, 3.05) is 32.8 Å². The lowest BCUT2D eigenvalue weighted by atomic mass is 9.93. The summed E-state index contributed by atoms with van der Waals surface area (Å²) < 4.78 is 20.0. The second kappa shape index (κ2) is 7.92. The van der Waals surface area contributed by atoms with Crippen molar-refractivity contribution in [2.45, 2.75) is 31.7 Å². The van der Waals surface area contributed by atoms with Crippen molar-refractivity contribution in [3.8, 4) is 5.75 Å². The van der Waals surface area contributed by atoms with Crippen LogP contribution >= 0.6 is 0 Å². The smallest absolute Gasteiger partial charge is 0.233 e. The molecular formula is C23H27FN2O2. The number of benzene rings is 2. The van der Waals surface area contributed by atoms with Crippen LogP contribution in [0.15, 0.2) is 48.5 Å². The summed E-state index contributed by atoms with van der Waals surface area (Å²) in [6.45, 7) is 6.47. The van der Waals surface area contributed by atoms with Gasteiger partial charge in [-0.3, -0.25) is 9.69 Å². The van der Waals surface area contributed by atoms with E-state index in [2.05, 4.69) is 11.0 Å². The maximum absolute atomic E-state index is 14.3. The number of hydrogen-bond acceptors (Lipinski definition) is 3. The van der Waals surface area contributed by atoms with Crippen LogP contribution in [-0.2, 0) is 16.8 Å². The summed E-state index contributed by atoms with van der Waals surface area (Å²) in [7, 11) is 0. The van der Waals surface area contributed by atoms with E-state index in [-0.39, 0.29) is 11.7 Å². The summed E-state index contributed by atoms with van der Waals surface area (Å²) in [6.07, 6.45) is 1.49. The van der Waals surface area contributed by atoms with Gasteiger partial charge in [0.15, 0.2) is 0 Å². The Morgan fingerprint density at radius 1 is 1.04 bits per heavy atom. The SMILES string of the molecule is CCOc1ccccc1CN1CCN(C(=O)C2(c3ccccc3F)CC2)CC1. The van der Waals surface area contributed by atoms with Crippen LogP contribution in [0.25, 0.3) is 0 Å². The van der Waals surface area contributed by atoms with Gasteiger partial charge in [-0.25, -0.2) is 4.39 Å². The second-order valence-corrected chi connectivity index (χ2v) is 7.67. The maximum atomic E-state index is 14.3. The summed E-state index contributed by atoms with van der Waals surface area (Å²) in [4.78, 5) is 17.4. The summed E-state index contributed by atoms with van der Waals surface area (Å²) >= 11 is 0. The molecule has 1 amide bonds. The molecule has 0 spiro atoms. The Balaban J connectivity index is 1.38. The molecule has 1 saturated heterocycles. The van der Waals surface area contributed by atoms with Crippen molar-refractivity contribution in [3.63, 3.8) is 0 Å². The van der Waals surface area contributed by atoms with Crippen LogP contribution in [0.4, 0.5) is 4.39 Å². The fourth-order valence-corrected chi connectivity index (χ4v) is 4.16. The van der Waals surface area contributed by atoms with E-state index in [1.54, 1.807) is 12.1 Å². The van der Waals surface area contributed by atoms with Gasteiger partial charge >= 0.3 is 0 Å². The molecule has 148 valence electrons. The number of rotatable bonds is 6. The number of halogens is 1. The molecule has 0 unspecified atom stereocenters. The number of amides is 1. The number of piperazine rings is 1. The fraction of sp³-hybridized carbons (Fsp3) is 0.435. The molecule has 2 aromatic carbocycles. The summed E-state index contributed by atoms with van der Waals surface area (Å²) in [5.74, 6) is 0.756. The van der Waals surface area contributed by atoms with Gasteiger partial charge in [0, 0.05) is 43.9 Å². The third-order valence-corrected chi connectivity index (χ3v) is 5.87. The molecule has 2 aliphatic rings. The molecule has 0 radical (unpaired) electrons. The van der Waals surface area contributed by atoms with Gasteiger partial charge in [0.2, 0.25) is 5.91 Å². The highest BCUT2D eigenvalue weighted by Crippen LogP contribution is 2.50. The van der Waals surface area contributed by atoms with Crippen molar-refractivity contribution in [3.05, 3.63) is 65.5 Å². The number of carbonyl (C=O) groups is 1. The van der Waals surface area contributed by atoms with Gasteiger partial charge in [0.05, 0.1) is 12.0 Å². The molecule has 4 nitrogen and oxygen atoms in total. The van der Waals surface area contributed by atoms with Gasteiger partial charge in [-0.15, -0.1) is 0 Å². The van der Waals surface area contributed by atoms with Crippen molar-refractivity contribution in [1.82, 2.24) is 9.80 Å². The summed E-state index contributed by atoms with van der Waals surface area (Å²) in [5.41, 5.74) is 1.11. The Bertz CT molecular complexity index is 842. The molecule has 5 heteroatoms. The van der Waals surface area contributed by atoms with E-state index in [9.17, 15) is 9.18 Å². The monoisotopic (exact) mass is 382 g/mol. The van der Waals surface area contributed by atoms with E-state index in [4.69, 9.17) is 4.74 Å². The van der Waals surface area contributed by atoms with Gasteiger partial charge in [0.25, 0.3) is 0 Å². The lowest BCUT2D eigenvalue weighted by Gasteiger charge is -2.37. The molecule has 0 N–H and O–H groups in total. The first-order valence-corrected chi connectivity index (χ1v) is 10.1. The van der Waals surface area contributed by atoms with Crippen molar-refractivity contribution in [2.24, 2.45) is 0 Å². The molecule has 28 heavy (non-hydrogen) atoms. The number of hydrogen-bond donors (Lipinski definition) is 0. The number of carbonyl (C=O) groups excluding carboxylic acids is 1. The number of ether oxygens (including phenoxy) is 1. The van der Waals surface area contributed by atoms with Crippen LogP contribution < -0.4 is 4.74 Å². The van der Waals surface area contributed by atoms with E-state index in [1.807, 2.05) is 36.1 Å². The van der Waals surface area contributed by atoms with Gasteiger partial charge in [0.1, 0.15) is 11.6 Å². The zero-order valence-electron chi connectivity index (χ0n) is 16.4. The van der Waals surface area contributed by atoms with E-state index >= 15 is 0 Å². The Kier molecular flexibility index (Phi) is 5.36. The molecule has 0 atom stereocenters. The van der Waals surface area contributed by atoms with Crippen molar-refractivity contribution in [1.29, 1.82) is 0 Å². The Hall–Kier alpha value is -2.40. The first kappa shape index (κ1) is 18.9. The molecule has 1 heterocycles. The van der Waals surface area contributed by atoms with Gasteiger partial charge in [-0.2, -0.15) is 0 Å². The normalized spacial score (nSPS) is 18.7. The minimum atomic E-state index is -0.630.